The van der Waals surface area contributed by atoms with E-state index in [4.69, 9.17) is 0 Å². The Morgan fingerprint density at radius 3 is 2.77 bits per heavy atom. The molecule has 0 aromatic carbocycles. The van der Waals surface area contributed by atoms with Crippen molar-refractivity contribution in [2.24, 2.45) is 23.7 Å². The van der Waals surface area contributed by atoms with Crippen molar-refractivity contribution in [1.29, 1.82) is 0 Å². The average Bonchev–Trinajstić information content (AvgIpc) is 2.71. The van der Waals surface area contributed by atoms with Gasteiger partial charge in [0, 0.05) is 6.04 Å². The third-order valence-corrected chi connectivity index (χ3v) is 4.85. The van der Waals surface area contributed by atoms with Crippen molar-refractivity contribution in [2.45, 2.75) is 37.8 Å². The zero-order chi connectivity index (χ0) is 9.00. The minimum atomic E-state index is 0.0434. The molecule has 0 saturated heterocycles. The van der Waals surface area contributed by atoms with Gasteiger partial charge >= 0.3 is 0 Å². The van der Waals surface area contributed by atoms with E-state index in [9.17, 15) is 5.11 Å². The first-order chi connectivity index (χ1) is 6.31. The summed E-state index contributed by atoms with van der Waals surface area (Å²) in [5, 5.41) is 13.3. The van der Waals surface area contributed by atoms with Crippen molar-refractivity contribution >= 4 is 0 Å². The topological polar surface area (TPSA) is 32.3 Å². The molecule has 2 nitrogen and oxygen atoms in total. The second-order valence-electron chi connectivity index (χ2n) is 5.18. The van der Waals surface area contributed by atoms with Crippen LogP contribution in [0.25, 0.3) is 0 Å². The highest BCUT2D eigenvalue weighted by Crippen LogP contribution is 2.58. The summed E-state index contributed by atoms with van der Waals surface area (Å²) in [4.78, 5) is 0. The molecule has 3 saturated carbocycles. The van der Waals surface area contributed by atoms with Crippen LogP contribution < -0.4 is 5.32 Å². The molecule has 2 bridgehead atoms. The van der Waals surface area contributed by atoms with Gasteiger partial charge in [-0.3, -0.25) is 0 Å². The van der Waals surface area contributed by atoms with E-state index < -0.39 is 0 Å². The van der Waals surface area contributed by atoms with Gasteiger partial charge in [-0.05, 0) is 56.4 Å². The molecule has 0 radical (unpaired) electrons. The van der Waals surface area contributed by atoms with Gasteiger partial charge < -0.3 is 10.4 Å². The van der Waals surface area contributed by atoms with Gasteiger partial charge in [-0.25, -0.2) is 0 Å². The average molecular weight is 181 g/mol. The van der Waals surface area contributed by atoms with Gasteiger partial charge in [-0.2, -0.15) is 0 Å². The van der Waals surface area contributed by atoms with Crippen molar-refractivity contribution < 1.29 is 5.11 Å². The summed E-state index contributed by atoms with van der Waals surface area (Å²) in [5.41, 5.74) is 0. The van der Waals surface area contributed by atoms with Gasteiger partial charge in [-0.15, -0.1) is 0 Å². The van der Waals surface area contributed by atoms with Crippen LogP contribution in [0.1, 0.15) is 25.7 Å². The number of aliphatic hydroxyl groups is 1. The molecule has 3 aliphatic rings. The number of fused-ring (bicyclic) bond motifs is 5. The monoisotopic (exact) mass is 181 g/mol. The molecule has 0 aromatic heterocycles. The third-order valence-electron chi connectivity index (χ3n) is 4.85. The normalized spacial score (nSPS) is 58.6. The van der Waals surface area contributed by atoms with Gasteiger partial charge in [-0.1, -0.05) is 0 Å². The van der Waals surface area contributed by atoms with Crippen LogP contribution in [0.2, 0.25) is 0 Å². The van der Waals surface area contributed by atoms with Gasteiger partial charge in [0.2, 0.25) is 0 Å². The van der Waals surface area contributed by atoms with Gasteiger partial charge in [0.15, 0.2) is 0 Å². The Morgan fingerprint density at radius 2 is 2.00 bits per heavy atom. The van der Waals surface area contributed by atoms with Crippen molar-refractivity contribution in [2.75, 3.05) is 7.05 Å². The maximum absolute atomic E-state index is 9.80. The van der Waals surface area contributed by atoms with E-state index in [1.54, 1.807) is 0 Å². The second kappa shape index (κ2) is 2.71. The molecule has 0 aromatic rings. The first-order valence-corrected chi connectivity index (χ1v) is 5.66. The lowest BCUT2D eigenvalue weighted by Crippen LogP contribution is -2.37. The lowest BCUT2D eigenvalue weighted by atomic mass is 9.79. The lowest BCUT2D eigenvalue weighted by molar-refractivity contribution is 0.0598. The summed E-state index contributed by atoms with van der Waals surface area (Å²) in [6.07, 6.45) is 5.14. The number of rotatable bonds is 1. The molecule has 0 aliphatic heterocycles. The van der Waals surface area contributed by atoms with Crippen molar-refractivity contribution in [3.05, 3.63) is 0 Å². The standard InChI is InChI=1S/C11H19NO/c1-12-9-3-2-7-8-4-6(11(7)9)5-10(8)13/h6-13H,2-5H2,1H3. The highest BCUT2D eigenvalue weighted by atomic mass is 16.3. The second-order valence-corrected chi connectivity index (χ2v) is 5.18. The van der Waals surface area contributed by atoms with E-state index >= 15 is 0 Å². The number of hydrogen-bond donors (Lipinski definition) is 2. The van der Waals surface area contributed by atoms with Gasteiger partial charge in [0.25, 0.3) is 0 Å². The van der Waals surface area contributed by atoms with E-state index in [1.807, 2.05) is 0 Å². The SMILES string of the molecule is CNC1CCC2C3CC(CC3O)C12. The van der Waals surface area contributed by atoms with Gasteiger partial charge in [0.05, 0.1) is 6.10 Å². The zero-order valence-electron chi connectivity index (χ0n) is 8.24. The first kappa shape index (κ1) is 8.25. The van der Waals surface area contributed by atoms with E-state index in [0.717, 1.165) is 30.2 Å². The van der Waals surface area contributed by atoms with Gasteiger partial charge in [0.1, 0.15) is 0 Å². The number of aliphatic hydroxyl groups excluding tert-OH is 1. The smallest absolute Gasteiger partial charge is 0.0574 e. The zero-order valence-corrected chi connectivity index (χ0v) is 8.24. The Morgan fingerprint density at radius 1 is 1.15 bits per heavy atom. The molecule has 2 N–H and O–H groups in total. The Bertz CT molecular complexity index is 218. The molecule has 2 heteroatoms. The molecule has 3 aliphatic carbocycles. The molecule has 13 heavy (non-hydrogen) atoms. The summed E-state index contributed by atoms with van der Waals surface area (Å²) in [6, 6.07) is 0.757. The number of nitrogens with one attached hydrogen (secondary N) is 1. The first-order valence-electron chi connectivity index (χ1n) is 5.66. The van der Waals surface area contributed by atoms with Crippen LogP contribution in [0.15, 0.2) is 0 Å². The molecule has 3 fully saturated rings. The third kappa shape index (κ3) is 0.962. The van der Waals surface area contributed by atoms with Crippen LogP contribution >= 0.6 is 0 Å². The van der Waals surface area contributed by atoms with E-state index in [2.05, 4.69) is 12.4 Å². The molecule has 74 valence electrons. The van der Waals surface area contributed by atoms with E-state index in [-0.39, 0.29) is 6.10 Å². The van der Waals surface area contributed by atoms with Crippen LogP contribution in [0, 0.1) is 23.7 Å². The quantitative estimate of drug-likeness (QED) is 0.632. The van der Waals surface area contributed by atoms with Crippen molar-refractivity contribution in [1.82, 2.24) is 5.32 Å². The maximum Gasteiger partial charge on any atom is 0.0574 e. The molecule has 6 atom stereocenters. The fourth-order valence-electron chi connectivity index (χ4n) is 4.43. The largest absolute Gasteiger partial charge is 0.393 e. The lowest BCUT2D eigenvalue weighted by Gasteiger charge is -2.31. The minimum absolute atomic E-state index is 0.0434. The molecular formula is C11H19NO. The van der Waals surface area contributed by atoms with Crippen molar-refractivity contribution in [3.8, 4) is 0 Å². The minimum Gasteiger partial charge on any atom is -0.393 e. The maximum atomic E-state index is 9.80. The van der Waals surface area contributed by atoms with Crippen LogP contribution in [-0.4, -0.2) is 24.3 Å². The summed E-state index contributed by atoms with van der Waals surface area (Å²) in [5.74, 6) is 3.25. The van der Waals surface area contributed by atoms with Crippen LogP contribution in [0.4, 0.5) is 0 Å². The predicted molar refractivity (Wildman–Crippen MR) is 51.3 cm³/mol. The van der Waals surface area contributed by atoms with Crippen LogP contribution in [-0.2, 0) is 0 Å². The molecule has 3 rings (SSSR count). The fraction of sp³-hybridized carbons (Fsp3) is 1.00. The van der Waals surface area contributed by atoms with E-state index in [0.29, 0.717) is 5.92 Å². The molecular weight excluding hydrogens is 162 g/mol. The molecule has 0 amide bonds. The fourth-order valence-corrected chi connectivity index (χ4v) is 4.43. The Balaban J connectivity index is 1.84. The highest BCUT2D eigenvalue weighted by molar-refractivity contribution is 5.07. The summed E-state index contributed by atoms with van der Waals surface area (Å²) in [7, 11) is 2.09. The highest BCUT2D eigenvalue weighted by Gasteiger charge is 2.56. The Kier molecular flexibility index (Phi) is 1.72. The molecule has 6 unspecified atom stereocenters. The van der Waals surface area contributed by atoms with Crippen LogP contribution in [0.3, 0.4) is 0 Å². The Labute approximate surface area is 79.7 Å². The van der Waals surface area contributed by atoms with Crippen LogP contribution in [0.5, 0.6) is 0 Å². The summed E-state index contributed by atoms with van der Waals surface area (Å²) < 4.78 is 0. The number of hydrogen-bond acceptors (Lipinski definition) is 2. The summed E-state index contributed by atoms with van der Waals surface area (Å²) in [6.45, 7) is 0. The molecule has 0 heterocycles. The predicted octanol–water partition coefficient (Wildman–Crippen LogP) is 1.00. The summed E-state index contributed by atoms with van der Waals surface area (Å²) >= 11 is 0. The van der Waals surface area contributed by atoms with E-state index in [1.165, 1.54) is 19.3 Å². The van der Waals surface area contributed by atoms with Crippen molar-refractivity contribution in [3.63, 3.8) is 0 Å². The Hall–Kier alpha value is -0.0800. The molecule has 0 spiro atoms.